The van der Waals surface area contributed by atoms with E-state index in [2.05, 4.69) is 5.32 Å². The smallest absolute Gasteiger partial charge is 0.407 e. The summed E-state index contributed by atoms with van der Waals surface area (Å²) >= 11 is 0. The summed E-state index contributed by atoms with van der Waals surface area (Å²) in [6.07, 6.45) is -1.12. The van der Waals surface area contributed by atoms with E-state index in [1.165, 1.54) is 0 Å². The van der Waals surface area contributed by atoms with Crippen LogP contribution >= 0.6 is 0 Å². The van der Waals surface area contributed by atoms with Crippen LogP contribution in [0.5, 0.6) is 0 Å². The molecule has 1 aliphatic heterocycles. The van der Waals surface area contributed by atoms with E-state index in [4.69, 9.17) is 4.74 Å². The number of aryl methyl sites for hydroxylation is 1. The van der Waals surface area contributed by atoms with Crippen molar-refractivity contribution in [2.24, 2.45) is 0 Å². The molecule has 1 aromatic carbocycles. The van der Waals surface area contributed by atoms with E-state index < -0.39 is 17.1 Å². The van der Waals surface area contributed by atoms with Crippen LogP contribution in [0.3, 0.4) is 0 Å². The van der Waals surface area contributed by atoms with Crippen molar-refractivity contribution >= 4 is 11.8 Å². The third-order valence-corrected chi connectivity index (χ3v) is 2.48. The molecule has 6 nitrogen and oxygen atoms in total. The van der Waals surface area contributed by atoms with Crippen molar-refractivity contribution < 1.29 is 14.5 Å². The molecule has 0 saturated carbocycles. The molecule has 0 bridgehead atoms. The Kier molecular flexibility index (Phi) is 2.47. The number of para-hydroxylation sites is 1. The number of alkyl carbamates (subject to hydrolysis) is 1. The lowest BCUT2D eigenvalue weighted by Gasteiger charge is -2.09. The Bertz CT molecular complexity index is 458. The van der Waals surface area contributed by atoms with Crippen molar-refractivity contribution in [3.05, 3.63) is 39.4 Å². The van der Waals surface area contributed by atoms with Gasteiger partial charge in [-0.1, -0.05) is 12.1 Å². The minimum atomic E-state index is -0.576. The summed E-state index contributed by atoms with van der Waals surface area (Å²) in [6, 6.07) is 4.98. The van der Waals surface area contributed by atoms with Crippen LogP contribution in [0.4, 0.5) is 10.5 Å². The lowest BCUT2D eigenvalue weighted by atomic mass is 10.0. The molecule has 2 rings (SSSR count). The fourth-order valence-corrected chi connectivity index (χ4v) is 1.75. The number of amides is 1. The summed E-state index contributed by atoms with van der Waals surface area (Å²) in [4.78, 5) is 21.4. The SMILES string of the molecule is Cc1cccc(C2CNC(=O)O2)c1[N+](=O)[O-]. The van der Waals surface area contributed by atoms with Gasteiger partial charge < -0.3 is 10.1 Å². The van der Waals surface area contributed by atoms with Crippen LogP contribution in [0.1, 0.15) is 17.2 Å². The molecule has 1 N–H and O–H groups in total. The monoisotopic (exact) mass is 222 g/mol. The molecule has 0 radical (unpaired) electrons. The van der Waals surface area contributed by atoms with E-state index in [0.717, 1.165) is 0 Å². The van der Waals surface area contributed by atoms with Crippen LogP contribution in [0, 0.1) is 17.0 Å². The Morgan fingerprint density at radius 1 is 1.56 bits per heavy atom. The average Bonchev–Trinajstić information content (AvgIpc) is 2.63. The molecule has 0 aliphatic carbocycles. The third-order valence-electron chi connectivity index (χ3n) is 2.48. The summed E-state index contributed by atoms with van der Waals surface area (Å²) < 4.78 is 4.94. The Morgan fingerprint density at radius 3 is 2.88 bits per heavy atom. The average molecular weight is 222 g/mol. The molecule has 0 spiro atoms. The number of nitrogens with one attached hydrogen (secondary N) is 1. The zero-order chi connectivity index (χ0) is 11.7. The number of benzene rings is 1. The molecule has 6 heteroatoms. The molecule has 16 heavy (non-hydrogen) atoms. The van der Waals surface area contributed by atoms with Crippen molar-refractivity contribution in [1.82, 2.24) is 5.32 Å². The zero-order valence-corrected chi connectivity index (χ0v) is 8.60. The Morgan fingerprint density at radius 2 is 2.31 bits per heavy atom. The number of nitro groups is 1. The number of hydrogen-bond acceptors (Lipinski definition) is 4. The number of nitrogens with zero attached hydrogens (tertiary/aromatic N) is 1. The van der Waals surface area contributed by atoms with Crippen molar-refractivity contribution in [2.45, 2.75) is 13.0 Å². The second-order valence-corrected chi connectivity index (χ2v) is 3.54. The highest BCUT2D eigenvalue weighted by Crippen LogP contribution is 2.31. The largest absolute Gasteiger partial charge is 0.439 e. The predicted molar refractivity (Wildman–Crippen MR) is 55.1 cm³/mol. The number of carbonyl (C=O) groups excluding carboxylic acids is 1. The highest BCUT2D eigenvalue weighted by Gasteiger charge is 2.31. The van der Waals surface area contributed by atoms with Crippen LogP contribution in [-0.4, -0.2) is 17.6 Å². The number of carbonyl (C=O) groups is 1. The van der Waals surface area contributed by atoms with Gasteiger partial charge in [-0.2, -0.15) is 0 Å². The highest BCUT2D eigenvalue weighted by atomic mass is 16.6. The minimum Gasteiger partial charge on any atom is -0.439 e. The molecule has 1 amide bonds. The maximum absolute atomic E-state index is 10.9. The topological polar surface area (TPSA) is 81.5 Å². The standard InChI is InChI=1S/C10H10N2O4/c1-6-3-2-4-7(9(6)12(14)15)8-5-11-10(13)16-8/h2-4,8H,5H2,1H3,(H,11,13). The van der Waals surface area contributed by atoms with E-state index in [1.807, 2.05) is 0 Å². The fraction of sp³-hybridized carbons (Fsp3) is 0.300. The Balaban J connectivity index is 2.44. The Labute approximate surface area is 91.4 Å². The van der Waals surface area contributed by atoms with Gasteiger partial charge in [0.05, 0.1) is 17.0 Å². The summed E-state index contributed by atoms with van der Waals surface area (Å²) in [7, 11) is 0. The van der Waals surface area contributed by atoms with Gasteiger partial charge in [-0.25, -0.2) is 4.79 Å². The second-order valence-electron chi connectivity index (χ2n) is 3.54. The van der Waals surface area contributed by atoms with Gasteiger partial charge in [-0.05, 0) is 13.0 Å². The first-order chi connectivity index (χ1) is 7.59. The molecular weight excluding hydrogens is 212 g/mol. The molecule has 1 fully saturated rings. The van der Waals surface area contributed by atoms with E-state index in [-0.39, 0.29) is 12.2 Å². The summed E-state index contributed by atoms with van der Waals surface area (Å²) in [5.74, 6) is 0. The summed E-state index contributed by atoms with van der Waals surface area (Å²) in [6.45, 7) is 1.93. The number of cyclic esters (lactones) is 1. The van der Waals surface area contributed by atoms with Gasteiger partial charge in [0.1, 0.15) is 0 Å². The van der Waals surface area contributed by atoms with Gasteiger partial charge in [0, 0.05) is 5.56 Å². The molecule has 1 aromatic rings. The van der Waals surface area contributed by atoms with Crippen LogP contribution in [-0.2, 0) is 4.74 Å². The first kappa shape index (κ1) is 10.4. The van der Waals surface area contributed by atoms with E-state index in [0.29, 0.717) is 11.1 Å². The molecule has 1 heterocycles. The van der Waals surface area contributed by atoms with Gasteiger partial charge in [0.2, 0.25) is 0 Å². The van der Waals surface area contributed by atoms with Gasteiger partial charge in [0.25, 0.3) is 5.69 Å². The lowest BCUT2D eigenvalue weighted by Crippen LogP contribution is -2.12. The maximum atomic E-state index is 10.9. The first-order valence-electron chi connectivity index (χ1n) is 4.78. The molecular formula is C10H10N2O4. The summed E-state index contributed by atoms with van der Waals surface area (Å²) in [5.41, 5.74) is 1.01. The quantitative estimate of drug-likeness (QED) is 0.609. The van der Waals surface area contributed by atoms with Crippen molar-refractivity contribution in [1.29, 1.82) is 0 Å². The molecule has 1 unspecified atom stereocenters. The van der Waals surface area contributed by atoms with Crippen molar-refractivity contribution in [3.8, 4) is 0 Å². The van der Waals surface area contributed by atoms with E-state index in [9.17, 15) is 14.9 Å². The molecule has 0 aromatic heterocycles. The van der Waals surface area contributed by atoms with Crippen LogP contribution in [0.25, 0.3) is 0 Å². The highest BCUT2D eigenvalue weighted by molar-refractivity contribution is 5.70. The van der Waals surface area contributed by atoms with Crippen LogP contribution in [0.15, 0.2) is 18.2 Å². The number of rotatable bonds is 2. The van der Waals surface area contributed by atoms with Crippen LogP contribution < -0.4 is 5.32 Å². The fourth-order valence-electron chi connectivity index (χ4n) is 1.75. The third kappa shape index (κ3) is 1.69. The molecule has 1 atom stereocenters. The molecule has 1 aliphatic rings. The van der Waals surface area contributed by atoms with Gasteiger partial charge >= 0.3 is 6.09 Å². The maximum Gasteiger partial charge on any atom is 0.407 e. The molecule has 84 valence electrons. The normalized spacial score (nSPS) is 19.1. The van der Waals surface area contributed by atoms with E-state index >= 15 is 0 Å². The van der Waals surface area contributed by atoms with Crippen molar-refractivity contribution in [3.63, 3.8) is 0 Å². The number of nitro benzene ring substituents is 1. The van der Waals surface area contributed by atoms with Crippen molar-refractivity contribution in [2.75, 3.05) is 6.54 Å². The lowest BCUT2D eigenvalue weighted by molar-refractivity contribution is -0.386. The van der Waals surface area contributed by atoms with Gasteiger partial charge in [-0.3, -0.25) is 10.1 Å². The number of hydrogen-bond donors (Lipinski definition) is 1. The minimum absolute atomic E-state index is 0.0176. The first-order valence-corrected chi connectivity index (χ1v) is 4.78. The van der Waals surface area contributed by atoms with Gasteiger partial charge in [-0.15, -0.1) is 0 Å². The Hall–Kier alpha value is -2.11. The van der Waals surface area contributed by atoms with Gasteiger partial charge in [0.15, 0.2) is 6.10 Å². The van der Waals surface area contributed by atoms with E-state index in [1.54, 1.807) is 25.1 Å². The predicted octanol–water partition coefficient (Wildman–Crippen LogP) is 1.68. The molecule has 1 saturated heterocycles. The van der Waals surface area contributed by atoms with Crippen LogP contribution in [0.2, 0.25) is 0 Å². The second kappa shape index (κ2) is 3.80. The zero-order valence-electron chi connectivity index (χ0n) is 8.60. The summed E-state index contributed by atoms with van der Waals surface area (Å²) in [5, 5.41) is 13.4. The number of ether oxygens (including phenoxy) is 1.